The van der Waals surface area contributed by atoms with Gasteiger partial charge in [0.15, 0.2) is 0 Å². The van der Waals surface area contributed by atoms with Gasteiger partial charge in [0.2, 0.25) is 0 Å². The van der Waals surface area contributed by atoms with Crippen LogP contribution in [0.3, 0.4) is 0 Å². The number of amides is 1. The lowest BCUT2D eigenvalue weighted by Crippen LogP contribution is -2.35. The number of carbonyl (C=O) groups excluding carboxylic acids is 1. The molecule has 1 heterocycles. The van der Waals surface area contributed by atoms with Crippen molar-refractivity contribution in [3.63, 3.8) is 0 Å². The van der Waals surface area contributed by atoms with E-state index < -0.39 is 10.0 Å². The smallest absolute Gasteiger partial charge is 0.261 e. The maximum absolute atomic E-state index is 14.0. The monoisotopic (exact) mass is 467 g/mol. The highest BCUT2D eigenvalue weighted by molar-refractivity contribution is 7.92. The molecule has 4 rings (SSSR count). The molecule has 0 unspecified atom stereocenters. The Bertz CT molecular complexity index is 1200. The van der Waals surface area contributed by atoms with Crippen molar-refractivity contribution >= 4 is 21.6 Å². The van der Waals surface area contributed by atoms with Gasteiger partial charge in [-0.2, -0.15) is 0 Å². The summed E-state index contributed by atoms with van der Waals surface area (Å²) in [5, 5.41) is 0. The van der Waals surface area contributed by atoms with Crippen molar-refractivity contribution in [1.29, 1.82) is 0 Å². The van der Waals surface area contributed by atoms with Crippen molar-refractivity contribution in [1.82, 2.24) is 9.80 Å². The molecule has 33 heavy (non-hydrogen) atoms. The molecule has 1 saturated heterocycles. The van der Waals surface area contributed by atoms with Gasteiger partial charge in [-0.15, -0.1) is 0 Å². The fourth-order valence-electron chi connectivity index (χ4n) is 3.88. The first-order valence-corrected chi connectivity index (χ1v) is 12.3. The van der Waals surface area contributed by atoms with E-state index in [1.165, 1.54) is 18.2 Å². The minimum Gasteiger partial charge on any atom is -0.337 e. The minimum atomic E-state index is -3.74. The molecular weight excluding hydrogens is 441 g/mol. The van der Waals surface area contributed by atoms with Crippen molar-refractivity contribution in [2.45, 2.75) is 17.9 Å². The Morgan fingerprint density at radius 3 is 2.27 bits per heavy atom. The normalized spacial score (nSPS) is 15.1. The van der Waals surface area contributed by atoms with Crippen molar-refractivity contribution in [2.75, 3.05) is 30.9 Å². The molecule has 0 aliphatic carbocycles. The third-order valence-corrected chi connectivity index (χ3v) is 7.06. The van der Waals surface area contributed by atoms with E-state index in [0.717, 1.165) is 13.0 Å². The third-order valence-electron chi connectivity index (χ3n) is 5.67. The van der Waals surface area contributed by atoms with Gasteiger partial charge in [-0.05, 0) is 48.9 Å². The molecule has 172 valence electrons. The predicted molar refractivity (Wildman–Crippen MR) is 126 cm³/mol. The summed E-state index contributed by atoms with van der Waals surface area (Å²) in [6, 6.07) is 21.4. The Hall–Kier alpha value is -3.23. The van der Waals surface area contributed by atoms with Crippen molar-refractivity contribution < 1.29 is 17.6 Å². The zero-order valence-electron chi connectivity index (χ0n) is 18.2. The Morgan fingerprint density at radius 2 is 1.55 bits per heavy atom. The fourth-order valence-corrected chi connectivity index (χ4v) is 4.94. The first-order valence-electron chi connectivity index (χ1n) is 10.9. The lowest BCUT2D eigenvalue weighted by Gasteiger charge is -2.22. The summed E-state index contributed by atoms with van der Waals surface area (Å²) in [7, 11) is -3.74. The topological polar surface area (TPSA) is 69.7 Å². The Kier molecular flexibility index (Phi) is 7.05. The number of hydrogen-bond acceptors (Lipinski definition) is 4. The van der Waals surface area contributed by atoms with Gasteiger partial charge in [-0.25, -0.2) is 12.8 Å². The molecule has 3 aromatic carbocycles. The summed E-state index contributed by atoms with van der Waals surface area (Å²) in [6.45, 7) is 3.06. The molecule has 1 aliphatic heterocycles. The number of halogens is 1. The maximum Gasteiger partial charge on any atom is 0.261 e. The zero-order valence-corrected chi connectivity index (χ0v) is 19.0. The molecule has 1 amide bonds. The molecule has 1 aliphatic rings. The van der Waals surface area contributed by atoms with Gasteiger partial charge < -0.3 is 4.90 Å². The lowest BCUT2D eigenvalue weighted by atomic mass is 10.2. The molecule has 0 atom stereocenters. The second kappa shape index (κ2) is 10.1. The van der Waals surface area contributed by atoms with E-state index in [2.05, 4.69) is 9.62 Å². The molecule has 0 bridgehead atoms. The van der Waals surface area contributed by atoms with Crippen LogP contribution in [0.4, 0.5) is 10.1 Å². The van der Waals surface area contributed by atoms with Crippen LogP contribution >= 0.6 is 0 Å². The first kappa shape index (κ1) is 22.9. The average Bonchev–Trinajstić information content (AvgIpc) is 3.06. The molecule has 6 nitrogen and oxygen atoms in total. The first-order chi connectivity index (χ1) is 15.9. The lowest BCUT2D eigenvalue weighted by molar-refractivity contribution is 0.0761. The molecule has 1 N–H and O–H groups in total. The number of benzene rings is 3. The van der Waals surface area contributed by atoms with Crippen molar-refractivity contribution in [3.05, 3.63) is 95.8 Å². The highest BCUT2D eigenvalue weighted by atomic mass is 32.2. The number of anilines is 1. The van der Waals surface area contributed by atoms with Gasteiger partial charge in [0.25, 0.3) is 15.9 Å². The Balaban J connectivity index is 1.38. The second-order valence-corrected chi connectivity index (χ2v) is 9.69. The van der Waals surface area contributed by atoms with Crippen molar-refractivity contribution in [3.8, 4) is 0 Å². The minimum absolute atomic E-state index is 0.0924. The number of para-hydroxylation sites is 1. The number of nitrogens with one attached hydrogen (secondary N) is 1. The van der Waals surface area contributed by atoms with Crippen LogP contribution < -0.4 is 4.72 Å². The van der Waals surface area contributed by atoms with Gasteiger partial charge in [0, 0.05) is 49.5 Å². The number of carbonyl (C=O) groups is 1. The summed E-state index contributed by atoms with van der Waals surface area (Å²) in [6.07, 6.45) is 0.785. The van der Waals surface area contributed by atoms with Crippen LogP contribution in [0.2, 0.25) is 0 Å². The maximum atomic E-state index is 14.0. The van der Waals surface area contributed by atoms with E-state index in [4.69, 9.17) is 0 Å². The SMILES string of the molecule is O=C(c1ccc(S(=O)(=O)Nc2ccccc2)cc1)N1CCCN(Cc2ccccc2F)CC1. The zero-order chi connectivity index (χ0) is 23.3. The molecule has 0 aromatic heterocycles. The largest absolute Gasteiger partial charge is 0.337 e. The van der Waals surface area contributed by atoms with Crippen LogP contribution in [-0.2, 0) is 16.6 Å². The molecule has 1 fully saturated rings. The molecule has 8 heteroatoms. The Labute approximate surface area is 193 Å². The summed E-state index contributed by atoms with van der Waals surface area (Å²) < 4.78 is 41.7. The van der Waals surface area contributed by atoms with E-state index in [0.29, 0.717) is 43.0 Å². The average molecular weight is 468 g/mol. The molecule has 3 aromatic rings. The van der Waals surface area contributed by atoms with Crippen LogP contribution in [0.15, 0.2) is 83.8 Å². The quantitative estimate of drug-likeness (QED) is 0.596. The van der Waals surface area contributed by atoms with E-state index in [-0.39, 0.29) is 16.6 Å². The molecule has 0 saturated carbocycles. The van der Waals surface area contributed by atoms with E-state index in [1.54, 1.807) is 59.5 Å². The van der Waals surface area contributed by atoms with Gasteiger partial charge in [0.1, 0.15) is 5.82 Å². The highest BCUT2D eigenvalue weighted by Crippen LogP contribution is 2.18. The van der Waals surface area contributed by atoms with Crippen LogP contribution in [0.25, 0.3) is 0 Å². The number of rotatable bonds is 6. The van der Waals surface area contributed by atoms with E-state index in [1.807, 2.05) is 6.07 Å². The van der Waals surface area contributed by atoms with Crippen LogP contribution in [-0.4, -0.2) is 50.3 Å². The van der Waals surface area contributed by atoms with Gasteiger partial charge >= 0.3 is 0 Å². The van der Waals surface area contributed by atoms with Gasteiger partial charge in [-0.3, -0.25) is 14.4 Å². The predicted octanol–water partition coefficient (Wildman–Crippen LogP) is 3.97. The molecular formula is C25H26FN3O3S. The fraction of sp³-hybridized carbons (Fsp3) is 0.240. The molecule has 0 spiro atoms. The Morgan fingerprint density at radius 1 is 0.848 bits per heavy atom. The van der Waals surface area contributed by atoms with Crippen LogP contribution in [0.1, 0.15) is 22.3 Å². The van der Waals surface area contributed by atoms with Gasteiger partial charge in [-0.1, -0.05) is 36.4 Å². The number of sulfonamides is 1. The highest BCUT2D eigenvalue weighted by Gasteiger charge is 2.22. The summed E-state index contributed by atoms with van der Waals surface area (Å²) in [4.78, 5) is 17.0. The number of hydrogen-bond donors (Lipinski definition) is 1. The summed E-state index contributed by atoms with van der Waals surface area (Å²) in [5.74, 6) is -0.353. The standard InChI is InChI=1S/C25H26FN3O3S/c26-24-10-5-4-7-21(24)19-28-15-6-16-29(18-17-28)25(30)20-11-13-23(14-12-20)33(31,32)27-22-8-2-1-3-9-22/h1-5,7-14,27H,6,15-19H2. The van der Waals surface area contributed by atoms with Crippen LogP contribution in [0.5, 0.6) is 0 Å². The second-order valence-electron chi connectivity index (χ2n) is 8.01. The van der Waals surface area contributed by atoms with Crippen LogP contribution in [0, 0.1) is 5.82 Å². The number of nitrogens with zero attached hydrogens (tertiary/aromatic N) is 2. The molecule has 0 radical (unpaired) electrons. The van der Waals surface area contributed by atoms with E-state index >= 15 is 0 Å². The summed E-state index contributed by atoms with van der Waals surface area (Å²) in [5.41, 5.74) is 1.57. The van der Waals surface area contributed by atoms with Crippen molar-refractivity contribution in [2.24, 2.45) is 0 Å². The van der Waals surface area contributed by atoms with E-state index in [9.17, 15) is 17.6 Å². The van der Waals surface area contributed by atoms with Gasteiger partial charge in [0.05, 0.1) is 4.90 Å². The third kappa shape index (κ3) is 5.77. The summed E-state index contributed by atoms with van der Waals surface area (Å²) >= 11 is 0.